The van der Waals surface area contributed by atoms with Gasteiger partial charge in [-0.3, -0.25) is 0 Å². The van der Waals surface area contributed by atoms with Gasteiger partial charge in [-0.1, -0.05) is 17.3 Å². The zero-order chi connectivity index (χ0) is 9.68. The van der Waals surface area contributed by atoms with Crippen molar-refractivity contribution in [1.29, 1.82) is 0 Å². The van der Waals surface area contributed by atoms with Crippen LogP contribution in [0.5, 0.6) is 5.75 Å². The van der Waals surface area contributed by atoms with E-state index in [2.05, 4.69) is 9.99 Å². The number of nitrogens with zero attached hydrogens (tertiary/aromatic N) is 1. The molecule has 0 fully saturated rings. The molecule has 1 N–H and O–H groups in total. The number of carbonyl (C=O) groups excluding carboxylic acids is 1. The van der Waals surface area contributed by atoms with E-state index < -0.39 is 5.97 Å². The largest absolute Gasteiger partial charge is 0.508 e. The summed E-state index contributed by atoms with van der Waals surface area (Å²) in [4.78, 5) is 14.7. The number of benzene rings is 1. The fourth-order valence-electron chi connectivity index (χ4n) is 0.767. The van der Waals surface area contributed by atoms with Crippen molar-refractivity contribution >= 4 is 12.2 Å². The number of aromatic hydroxyl groups is 1. The molecule has 1 aromatic rings. The Balaban J connectivity index is 2.63. The quantitative estimate of drug-likeness (QED) is 0.422. The van der Waals surface area contributed by atoms with Crippen LogP contribution in [-0.4, -0.2) is 17.3 Å². The lowest BCUT2D eigenvalue weighted by molar-refractivity contribution is -0.140. The highest BCUT2D eigenvalue weighted by atomic mass is 16.7. The van der Waals surface area contributed by atoms with Gasteiger partial charge in [0.15, 0.2) is 0 Å². The summed E-state index contributed by atoms with van der Waals surface area (Å²) in [6, 6.07) is 6.45. The van der Waals surface area contributed by atoms with Gasteiger partial charge < -0.3 is 9.94 Å². The maximum Gasteiger partial charge on any atom is 0.331 e. The predicted molar refractivity (Wildman–Crippen MR) is 47.5 cm³/mol. The summed E-state index contributed by atoms with van der Waals surface area (Å²) in [7, 11) is 0. The van der Waals surface area contributed by atoms with Crippen LogP contribution in [0.2, 0.25) is 0 Å². The molecule has 68 valence electrons. The van der Waals surface area contributed by atoms with E-state index in [0.29, 0.717) is 5.56 Å². The average molecular weight is 179 g/mol. The van der Waals surface area contributed by atoms with Gasteiger partial charge in [0.25, 0.3) is 0 Å². The molecule has 0 radical (unpaired) electrons. The van der Waals surface area contributed by atoms with Gasteiger partial charge in [0.05, 0.1) is 6.21 Å². The lowest BCUT2D eigenvalue weighted by Crippen LogP contribution is -1.91. The standard InChI is InChI=1S/C9H9NO3/c1-7(11)13-10-6-8-3-2-4-9(12)5-8/h2-6,12H,1H3/b10-6+. The van der Waals surface area contributed by atoms with Crippen molar-refractivity contribution in [2.24, 2.45) is 5.16 Å². The fourth-order valence-corrected chi connectivity index (χ4v) is 0.767. The minimum absolute atomic E-state index is 0.145. The molecule has 0 bridgehead atoms. The Hall–Kier alpha value is -1.84. The van der Waals surface area contributed by atoms with E-state index in [9.17, 15) is 4.79 Å². The SMILES string of the molecule is CC(=O)O/N=C/c1cccc(O)c1. The average Bonchev–Trinajstić information content (AvgIpc) is 2.03. The maximum absolute atomic E-state index is 10.3. The smallest absolute Gasteiger partial charge is 0.331 e. The van der Waals surface area contributed by atoms with Crippen molar-refractivity contribution in [3.05, 3.63) is 29.8 Å². The van der Waals surface area contributed by atoms with Crippen LogP contribution < -0.4 is 0 Å². The summed E-state index contributed by atoms with van der Waals surface area (Å²) in [6.07, 6.45) is 1.35. The van der Waals surface area contributed by atoms with Crippen LogP contribution in [0.4, 0.5) is 0 Å². The molecule has 1 aromatic carbocycles. The second-order valence-electron chi connectivity index (χ2n) is 2.41. The third kappa shape index (κ3) is 3.37. The number of rotatable bonds is 2. The molecule has 0 aliphatic heterocycles. The fraction of sp³-hybridized carbons (Fsp3) is 0.111. The van der Waals surface area contributed by atoms with E-state index in [1.54, 1.807) is 18.2 Å². The number of phenols is 1. The maximum atomic E-state index is 10.3. The van der Waals surface area contributed by atoms with Crippen LogP contribution in [0.1, 0.15) is 12.5 Å². The second-order valence-corrected chi connectivity index (χ2v) is 2.41. The highest BCUT2D eigenvalue weighted by Gasteiger charge is 1.91. The molecule has 0 spiro atoms. The van der Waals surface area contributed by atoms with Crippen molar-refractivity contribution in [3.63, 3.8) is 0 Å². The molecule has 4 heteroatoms. The molecule has 0 saturated carbocycles. The van der Waals surface area contributed by atoms with Crippen LogP contribution in [0, 0.1) is 0 Å². The lowest BCUT2D eigenvalue weighted by Gasteiger charge is -1.93. The molecule has 1 rings (SSSR count). The normalized spacial score (nSPS) is 10.2. The van der Waals surface area contributed by atoms with Crippen molar-refractivity contribution in [2.45, 2.75) is 6.92 Å². The van der Waals surface area contributed by atoms with Crippen LogP contribution in [0.3, 0.4) is 0 Å². The van der Waals surface area contributed by atoms with Gasteiger partial charge in [-0.25, -0.2) is 4.79 Å². The summed E-state index contributed by atoms with van der Waals surface area (Å²) in [5, 5.41) is 12.4. The summed E-state index contributed by atoms with van der Waals surface area (Å²) >= 11 is 0. The molecule has 0 atom stereocenters. The second kappa shape index (κ2) is 4.25. The molecule has 13 heavy (non-hydrogen) atoms. The summed E-state index contributed by atoms with van der Waals surface area (Å²) in [5.74, 6) is -0.330. The highest BCUT2D eigenvalue weighted by molar-refractivity contribution is 5.80. The molecule has 0 aromatic heterocycles. The first-order valence-electron chi connectivity index (χ1n) is 3.68. The Morgan fingerprint density at radius 2 is 2.38 bits per heavy atom. The zero-order valence-corrected chi connectivity index (χ0v) is 7.10. The van der Waals surface area contributed by atoms with Gasteiger partial charge in [-0.15, -0.1) is 0 Å². The predicted octanol–water partition coefficient (Wildman–Crippen LogP) is 1.29. The van der Waals surface area contributed by atoms with Gasteiger partial charge in [0.2, 0.25) is 0 Å². The zero-order valence-electron chi connectivity index (χ0n) is 7.10. The number of carbonyl (C=O) groups is 1. The third-order valence-corrected chi connectivity index (χ3v) is 1.25. The first-order valence-corrected chi connectivity index (χ1v) is 3.68. The molecule has 0 heterocycles. The highest BCUT2D eigenvalue weighted by Crippen LogP contribution is 2.08. The van der Waals surface area contributed by atoms with E-state index in [1.807, 2.05) is 0 Å². The Bertz CT molecular complexity index is 333. The number of phenolic OH excluding ortho intramolecular Hbond substituents is 1. The molecule has 0 saturated heterocycles. The van der Waals surface area contributed by atoms with Crippen LogP contribution >= 0.6 is 0 Å². The summed E-state index contributed by atoms with van der Waals surface area (Å²) in [6.45, 7) is 1.26. The monoisotopic (exact) mass is 179 g/mol. The van der Waals surface area contributed by atoms with Crippen LogP contribution in [-0.2, 0) is 9.63 Å². The third-order valence-electron chi connectivity index (χ3n) is 1.25. The van der Waals surface area contributed by atoms with Gasteiger partial charge in [-0.05, 0) is 17.7 Å². The first-order chi connectivity index (χ1) is 6.18. The lowest BCUT2D eigenvalue weighted by atomic mass is 10.2. The minimum Gasteiger partial charge on any atom is -0.508 e. The van der Waals surface area contributed by atoms with E-state index in [1.165, 1.54) is 19.2 Å². The Morgan fingerprint density at radius 1 is 1.62 bits per heavy atom. The van der Waals surface area contributed by atoms with Crippen molar-refractivity contribution in [1.82, 2.24) is 0 Å². The van der Waals surface area contributed by atoms with Crippen LogP contribution in [0.15, 0.2) is 29.4 Å². The van der Waals surface area contributed by atoms with Gasteiger partial charge >= 0.3 is 5.97 Å². The van der Waals surface area contributed by atoms with E-state index >= 15 is 0 Å². The first kappa shape index (κ1) is 9.25. The van der Waals surface area contributed by atoms with E-state index in [-0.39, 0.29) is 5.75 Å². The van der Waals surface area contributed by atoms with Crippen molar-refractivity contribution in [2.75, 3.05) is 0 Å². The number of hydrogen-bond acceptors (Lipinski definition) is 4. The van der Waals surface area contributed by atoms with E-state index in [0.717, 1.165) is 0 Å². The van der Waals surface area contributed by atoms with Gasteiger partial charge in [-0.2, -0.15) is 0 Å². The molecule has 0 aliphatic rings. The topological polar surface area (TPSA) is 58.9 Å². The van der Waals surface area contributed by atoms with Crippen LogP contribution in [0.25, 0.3) is 0 Å². The summed E-state index contributed by atoms with van der Waals surface area (Å²) < 4.78 is 0. The Morgan fingerprint density at radius 3 is 3.00 bits per heavy atom. The molecule has 4 nitrogen and oxygen atoms in total. The number of hydrogen-bond donors (Lipinski definition) is 1. The Labute approximate surface area is 75.4 Å². The molecular weight excluding hydrogens is 170 g/mol. The van der Waals surface area contributed by atoms with Gasteiger partial charge in [0, 0.05) is 6.92 Å². The molecule has 0 aliphatic carbocycles. The van der Waals surface area contributed by atoms with Crippen molar-refractivity contribution in [3.8, 4) is 5.75 Å². The van der Waals surface area contributed by atoms with E-state index in [4.69, 9.17) is 5.11 Å². The van der Waals surface area contributed by atoms with Crippen molar-refractivity contribution < 1.29 is 14.7 Å². The molecular formula is C9H9NO3. The van der Waals surface area contributed by atoms with Gasteiger partial charge in [0.1, 0.15) is 5.75 Å². The molecule has 0 amide bonds. The Kier molecular flexibility index (Phi) is 3.03. The molecule has 0 unspecified atom stereocenters. The number of oxime groups is 1. The minimum atomic E-state index is -0.476. The summed E-state index contributed by atoms with van der Waals surface area (Å²) in [5.41, 5.74) is 0.668.